The molecular formula is C19H28O2. The molecule has 0 aromatic heterocycles. The maximum absolute atomic E-state index is 10.2. The van der Waals surface area contributed by atoms with Crippen molar-refractivity contribution in [3.8, 4) is 11.5 Å². The van der Waals surface area contributed by atoms with Crippen molar-refractivity contribution in [1.29, 1.82) is 0 Å². The Morgan fingerprint density at radius 3 is 2.52 bits per heavy atom. The zero-order valence-electron chi connectivity index (χ0n) is 14.0. The molecule has 0 aliphatic carbocycles. The van der Waals surface area contributed by atoms with Gasteiger partial charge in [-0.15, -0.1) is 0 Å². The SMILES string of the molecule is CCCC=CC[C@]1(C)CCc2c(C)c(O)c(C)c(C)c2O1. The second-order valence-corrected chi connectivity index (χ2v) is 6.55. The fourth-order valence-electron chi connectivity index (χ4n) is 3.06. The Morgan fingerprint density at radius 2 is 1.86 bits per heavy atom. The summed E-state index contributed by atoms with van der Waals surface area (Å²) < 4.78 is 6.38. The average molecular weight is 288 g/mol. The molecule has 0 fully saturated rings. The Labute approximate surface area is 128 Å². The predicted octanol–water partition coefficient (Wildman–Crippen LogP) is 5.15. The first-order chi connectivity index (χ1) is 9.89. The Hall–Kier alpha value is -1.44. The van der Waals surface area contributed by atoms with Gasteiger partial charge in [-0.1, -0.05) is 25.5 Å². The number of phenols is 1. The summed E-state index contributed by atoms with van der Waals surface area (Å²) >= 11 is 0. The Morgan fingerprint density at radius 1 is 1.14 bits per heavy atom. The summed E-state index contributed by atoms with van der Waals surface area (Å²) in [5, 5.41) is 10.2. The van der Waals surface area contributed by atoms with E-state index in [1.54, 1.807) is 0 Å². The Bertz CT molecular complexity index is 557. The van der Waals surface area contributed by atoms with Gasteiger partial charge in [0.15, 0.2) is 0 Å². The number of hydrogen-bond donors (Lipinski definition) is 1. The summed E-state index contributed by atoms with van der Waals surface area (Å²) in [6.45, 7) is 10.4. The van der Waals surface area contributed by atoms with Gasteiger partial charge in [0.05, 0.1) is 0 Å². The van der Waals surface area contributed by atoms with Crippen molar-refractivity contribution in [2.75, 3.05) is 0 Å². The zero-order valence-corrected chi connectivity index (χ0v) is 14.0. The molecule has 0 unspecified atom stereocenters. The minimum Gasteiger partial charge on any atom is -0.507 e. The number of hydrogen-bond acceptors (Lipinski definition) is 2. The van der Waals surface area contributed by atoms with Crippen molar-refractivity contribution < 1.29 is 9.84 Å². The van der Waals surface area contributed by atoms with Gasteiger partial charge in [-0.3, -0.25) is 0 Å². The van der Waals surface area contributed by atoms with Gasteiger partial charge in [-0.05, 0) is 63.6 Å². The minimum absolute atomic E-state index is 0.127. The van der Waals surface area contributed by atoms with Gasteiger partial charge in [0.1, 0.15) is 17.1 Å². The van der Waals surface area contributed by atoms with Gasteiger partial charge < -0.3 is 9.84 Å². The van der Waals surface area contributed by atoms with Crippen molar-refractivity contribution in [2.24, 2.45) is 0 Å². The standard InChI is InChI=1S/C19H28O2/c1-6-7-8-9-11-19(5)12-10-16-15(4)17(20)13(2)14(3)18(16)21-19/h8-9,20H,6-7,10-12H2,1-5H3/t19-/m1/s1. The van der Waals surface area contributed by atoms with Crippen LogP contribution in [0.5, 0.6) is 11.5 Å². The lowest BCUT2D eigenvalue weighted by molar-refractivity contribution is 0.0666. The molecule has 1 N–H and O–H groups in total. The largest absolute Gasteiger partial charge is 0.507 e. The molecule has 1 aromatic rings. The van der Waals surface area contributed by atoms with Gasteiger partial charge in [0.25, 0.3) is 0 Å². The van der Waals surface area contributed by atoms with Crippen LogP contribution in [0.2, 0.25) is 0 Å². The molecule has 0 saturated heterocycles. The number of allylic oxidation sites excluding steroid dienone is 1. The molecule has 1 heterocycles. The maximum Gasteiger partial charge on any atom is 0.127 e. The van der Waals surface area contributed by atoms with E-state index in [0.717, 1.165) is 48.1 Å². The maximum atomic E-state index is 10.2. The van der Waals surface area contributed by atoms with Crippen LogP contribution in [0, 0.1) is 20.8 Å². The van der Waals surface area contributed by atoms with Gasteiger partial charge >= 0.3 is 0 Å². The smallest absolute Gasteiger partial charge is 0.127 e. The van der Waals surface area contributed by atoms with Gasteiger partial charge in [0, 0.05) is 12.0 Å². The van der Waals surface area contributed by atoms with Crippen LogP contribution in [0.25, 0.3) is 0 Å². The molecule has 2 nitrogen and oxygen atoms in total. The van der Waals surface area contributed by atoms with Crippen LogP contribution in [0.3, 0.4) is 0 Å². The number of ether oxygens (including phenoxy) is 1. The third-order valence-corrected chi connectivity index (χ3v) is 4.76. The number of phenolic OH excluding ortho intramolecular Hbond substituents is 1. The highest BCUT2D eigenvalue weighted by Gasteiger charge is 2.33. The summed E-state index contributed by atoms with van der Waals surface area (Å²) in [6, 6.07) is 0. The van der Waals surface area contributed by atoms with E-state index in [1.807, 2.05) is 20.8 Å². The van der Waals surface area contributed by atoms with E-state index < -0.39 is 0 Å². The second-order valence-electron chi connectivity index (χ2n) is 6.55. The van der Waals surface area contributed by atoms with Crippen LogP contribution in [0.1, 0.15) is 61.8 Å². The molecule has 1 aromatic carbocycles. The molecule has 1 aliphatic rings. The second kappa shape index (κ2) is 6.13. The normalized spacial score (nSPS) is 21.4. The average Bonchev–Trinajstić information content (AvgIpc) is 2.47. The lowest BCUT2D eigenvalue weighted by Gasteiger charge is -2.37. The van der Waals surface area contributed by atoms with Crippen molar-refractivity contribution in [3.63, 3.8) is 0 Å². The summed E-state index contributed by atoms with van der Waals surface area (Å²) in [7, 11) is 0. The molecule has 0 bridgehead atoms. The number of unbranched alkanes of at least 4 members (excludes halogenated alkanes) is 1. The molecule has 0 amide bonds. The van der Waals surface area contributed by atoms with E-state index in [2.05, 4.69) is 26.0 Å². The highest BCUT2D eigenvalue weighted by atomic mass is 16.5. The summed E-state index contributed by atoms with van der Waals surface area (Å²) in [6.07, 6.45) is 9.76. The molecule has 0 saturated carbocycles. The van der Waals surface area contributed by atoms with E-state index in [9.17, 15) is 5.11 Å². The molecule has 21 heavy (non-hydrogen) atoms. The number of aromatic hydroxyl groups is 1. The number of rotatable bonds is 4. The third kappa shape index (κ3) is 3.09. The first-order valence-electron chi connectivity index (χ1n) is 8.05. The molecule has 2 rings (SSSR count). The summed E-state index contributed by atoms with van der Waals surface area (Å²) in [4.78, 5) is 0. The zero-order chi connectivity index (χ0) is 15.6. The fraction of sp³-hybridized carbons (Fsp3) is 0.579. The van der Waals surface area contributed by atoms with E-state index in [-0.39, 0.29) is 5.60 Å². The van der Waals surface area contributed by atoms with Crippen LogP contribution >= 0.6 is 0 Å². The lowest BCUT2D eigenvalue weighted by Crippen LogP contribution is -2.36. The van der Waals surface area contributed by atoms with Crippen LogP contribution in [0.4, 0.5) is 0 Å². The molecule has 2 heteroatoms. The Kier molecular flexibility index (Phi) is 4.65. The monoisotopic (exact) mass is 288 g/mol. The van der Waals surface area contributed by atoms with E-state index in [4.69, 9.17) is 4.74 Å². The summed E-state index contributed by atoms with van der Waals surface area (Å²) in [5.41, 5.74) is 4.06. The molecule has 0 radical (unpaired) electrons. The molecular weight excluding hydrogens is 260 g/mol. The molecule has 1 aliphatic heterocycles. The van der Waals surface area contributed by atoms with Gasteiger partial charge in [-0.25, -0.2) is 0 Å². The lowest BCUT2D eigenvalue weighted by atomic mass is 9.85. The first-order valence-corrected chi connectivity index (χ1v) is 8.05. The summed E-state index contributed by atoms with van der Waals surface area (Å²) in [5.74, 6) is 1.43. The topological polar surface area (TPSA) is 29.5 Å². The molecule has 0 spiro atoms. The number of benzene rings is 1. The van der Waals surface area contributed by atoms with Crippen LogP contribution in [-0.4, -0.2) is 10.7 Å². The highest BCUT2D eigenvalue weighted by Crippen LogP contribution is 2.44. The third-order valence-electron chi connectivity index (χ3n) is 4.76. The van der Waals surface area contributed by atoms with Crippen LogP contribution in [-0.2, 0) is 6.42 Å². The van der Waals surface area contributed by atoms with E-state index in [1.165, 1.54) is 12.0 Å². The first kappa shape index (κ1) is 15.9. The van der Waals surface area contributed by atoms with E-state index in [0.29, 0.717) is 5.75 Å². The van der Waals surface area contributed by atoms with Gasteiger partial charge in [-0.2, -0.15) is 0 Å². The van der Waals surface area contributed by atoms with Crippen molar-refractivity contribution >= 4 is 0 Å². The van der Waals surface area contributed by atoms with Crippen molar-refractivity contribution in [2.45, 2.75) is 72.3 Å². The quantitative estimate of drug-likeness (QED) is 0.777. The fourth-order valence-corrected chi connectivity index (χ4v) is 3.06. The van der Waals surface area contributed by atoms with Crippen LogP contribution in [0.15, 0.2) is 12.2 Å². The minimum atomic E-state index is -0.127. The Balaban J connectivity index is 2.28. The van der Waals surface area contributed by atoms with Crippen molar-refractivity contribution in [3.05, 3.63) is 34.4 Å². The highest BCUT2D eigenvalue weighted by molar-refractivity contribution is 5.58. The molecule has 1 atom stereocenters. The van der Waals surface area contributed by atoms with E-state index >= 15 is 0 Å². The predicted molar refractivity (Wildman–Crippen MR) is 88.3 cm³/mol. The number of fused-ring (bicyclic) bond motifs is 1. The molecule has 116 valence electrons. The van der Waals surface area contributed by atoms with Crippen molar-refractivity contribution in [1.82, 2.24) is 0 Å². The van der Waals surface area contributed by atoms with Gasteiger partial charge in [0.2, 0.25) is 0 Å². The van der Waals surface area contributed by atoms with Crippen LogP contribution < -0.4 is 4.74 Å².